The second-order valence-corrected chi connectivity index (χ2v) is 10.7. The lowest BCUT2D eigenvalue weighted by Gasteiger charge is -2.48. The summed E-state index contributed by atoms with van der Waals surface area (Å²) in [7, 11) is 1.54. The van der Waals surface area contributed by atoms with E-state index in [2.05, 4.69) is 20.8 Å². The number of hydrogen-bond donors (Lipinski definition) is 1. The summed E-state index contributed by atoms with van der Waals surface area (Å²) in [5.41, 5.74) is -3.23. The Hall–Kier alpha value is -1.22. The van der Waals surface area contributed by atoms with Gasteiger partial charge < -0.3 is 28.8 Å². The van der Waals surface area contributed by atoms with E-state index in [1.807, 2.05) is 6.92 Å². The van der Waals surface area contributed by atoms with E-state index in [1.165, 1.54) is 6.92 Å². The number of methoxy groups -OCH3 is 1. The van der Waals surface area contributed by atoms with Crippen LogP contribution in [0.3, 0.4) is 0 Å². The van der Waals surface area contributed by atoms with Gasteiger partial charge in [0.15, 0.2) is 18.2 Å². The van der Waals surface area contributed by atoms with Gasteiger partial charge in [-0.25, -0.2) is 4.79 Å². The molecule has 2 aliphatic carbocycles. The SMILES string of the molecule is CC[C@H]1CCC23C4OC(=O)C12OC1O[C@@H](O)[C@H](OC)C13[C@H](C(C)(C)C)[C@H]4OC(C)=O. The van der Waals surface area contributed by atoms with E-state index in [9.17, 15) is 14.7 Å². The molecule has 10 atom stereocenters. The molecule has 5 unspecified atom stereocenters. The van der Waals surface area contributed by atoms with Gasteiger partial charge in [0.2, 0.25) is 0 Å². The first-order valence-corrected chi connectivity index (χ1v) is 11.0. The molecule has 8 heteroatoms. The van der Waals surface area contributed by atoms with Crippen LogP contribution in [0.2, 0.25) is 0 Å². The van der Waals surface area contributed by atoms with E-state index in [0.717, 1.165) is 12.8 Å². The van der Waals surface area contributed by atoms with E-state index in [0.29, 0.717) is 6.42 Å². The van der Waals surface area contributed by atoms with Gasteiger partial charge in [0.25, 0.3) is 0 Å². The maximum atomic E-state index is 13.5. The predicted molar refractivity (Wildman–Crippen MR) is 102 cm³/mol. The van der Waals surface area contributed by atoms with E-state index in [-0.39, 0.29) is 17.3 Å². The average Bonchev–Trinajstić information content (AvgIpc) is 3.30. The van der Waals surface area contributed by atoms with Gasteiger partial charge in [-0.3, -0.25) is 4.79 Å². The Kier molecular flexibility index (Phi) is 4.11. The molecule has 0 aromatic heterocycles. The van der Waals surface area contributed by atoms with Crippen molar-refractivity contribution in [2.75, 3.05) is 7.11 Å². The van der Waals surface area contributed by atoms with Crippen LogP contribution in [0.25, 0.3) is 0 Å². The summed E-state index contributed by atoms with van der Waals surface area (Å²) < 4.78 is 30.3. The number of ether oxygens (including phenoxy) is 5. The van der Waals surface area contributed by atoms with E-state index < -0.39 is 59.3 Å². The Labute approximate surface area is 176 Å². The minimum atomic E-state index is -1.20. The monoisotopic (exact) mass is 424 g/mol. The zero-order chi connectivity index (χ0) is 21.9. The Morgan fingerprint density at radius 1 is 1.33 bits per heavy atom. The van der Waals surface area contributed by atoms with E-state index in [1.54, 1.807) is 7.11 Å². The number of carbonyl (C=O) groups is 2. The van der Waals surface area contributed by atoms with Crippen LogP contribution in [0.5, 0.6) is 0 Å². The Bertz CT molecular complexity index is 790. The molecule has 0 bridgehead atoms. The molecule has 3 heterocycles. The Morgan fingerprint density at radius 3 is 2.60 bits per heavy atom. The topological polar surface area (TPSA) is 101 Å². The lowest BCUT2D eigenvalue weighted by molar-refractivity contribution is -0.236. The molecule has 2 spiro atoms. The van der Waals surface area contributed by atoms with Crippen molar-refractivity contribution in [2.45, 2.75) is 90.4 Å². The van der Waals surface area contributed by atoms with Crippen molar-refractivity contribution >= 4 is 11.9 Å². The van der Waals surface area contributed by atoms with Crippen molar-refractivity contribution in [1.82, 2.24) is 0 Å². The minimum absolute atomic E-state index is 0.0348. The summed E-state index contributed by atoms with van der Waals surface area (Å²) in [5.74, 6) is -1.17. The molecule has 0 aromatic rings. The van der Waals surface area contributed by atoms with E-state index >= 15 is 0 Å². The van der Waals surface area contributed by atoms with Gasteiger partial charge in [0, 0.05) is 20.0 Å². The van der Waals surface area contributed by atoms with Crippen LogP contribution >= 0.6 is 0 Å². The van der Waals surface area contributed by atoms with Crippen LogP contribution in [0.15, 0.2) is 0 Å². The van der Waals surface area contributed by atoms with Gasteiger partial charge >= 0.3 is 11.9 Å². The lowest BCUT2D eigenvalue weighted by Crippen LogP contribution is -2.59. The zero-order valence-corrected chi connectivity index (χ0v) is 18.5. The van der Waals surface area contributed by atoms with Gasteiger partial charge in [-0.15, -0.1) is 0 Å². The smallest absolute Gasteiger partial charge is 0.340 e. The van der Waals surface area contributed by atoms with Gasteiger partial charge in [0.05, 0.1) is 10.8 Å². The number of rotatable bonds is 3. The van der Waals surface area contributed by atoms with Crippen molar-refractivity contribution in [3.05, 3.63) is 0 Å². The zero-order valence-electron chi connectivity index (χ0n) is 18.5. The van der Waals surface area contributed by atoms with Crippen LogP contribution in [0.4, 0.5) is 0 Å². The lowest BCUT2D eigenvalue weighted by atomic mass is 9.52. The average molecular weight is 424 g/mol. The molecule has 30 heavy (non-hydrogen) atoms. The van der Waals surface area contributed by atoms with Gasteiger partial charge in [0.1, 0.15) is 18.3 Å². The fraction of sp³-hybridized carbons (Fsp3) is 0.909. The van der Waals surface area contributed by atoms with Crippen molar-refractivity contribution in [3.8, 4) is 0 Å². The standard InChI is InChI=1S/C22H32O8/c1-7-11-8-9-20-14-12(27-10(2)23)13(19(3,4)5)21(20)15(26-6)16(24)29-18(21)30-22(11,20)17(25)28-14/h11-16,18,24H,7-9H2,1-6H3/t11-,12+,13-,14?,15-,16+,18?,20?,21?,22?/m0/s1. The summed E-state index contributed by atoms with van der Waals surface area (Å²) in [6, 6.07) is 0. The molecule has 3 saturated heterocycles. The highest BCUT2D eigenvalue weighted by atomic mass is 16.8. The highest BCUT2D eigenvalue weighted by Gasteiger charge is 2.96. The number of hydrogen-bond acceptors (Lipinski definition) is 8. The second kappa shape index (κ2) is 5.97. The Morgan fingerprint density at radius 2 is 2.03 bits per heavy atom. The molecule has 5 aliphatic rings. The van der Waals surface area contributed by atoms with Crippen LogP contribution in [0, 0.1) is 28.1 Å². The molecule has 168 valence electrons. The molecule has 0 aromatic carbocycles. The summed E-state index contributed by atoms with van der Waals surface area (Å²) >= 11 is 0. The normalized spacial score (nSPS) is 53.4. The largest absolute Gasteiger partial charge is 0.458 e. The quantitative estimate of drug-likeness (QED) is 0.684. The molecule has 5 rings (SSSR count). The van der Waals surface area contributed by atoms with Crippen molar-refractivity contribution in [3.63, 3.8) is 0 Å². The predicted octanol–water partition coefficient (Wildman–Crippen LogP) is 1.77. The number of esters is 2. The van der Waals surface area contributed by atoms with Crippen LogP contribution < -0.4 is 0 Å². The van der Waals surface area contributed by atoms with E-state index in [4.69, 9.17) is 23.7 Å². The van der Waals surface area contributed by atoms with Crippen molar-refractivity contribution < 1.29 is 38.4 Å². The summed E-state index contributed by atoms with van der Waals surface area (Å²) in [4.78, 5) is 25.6. The summed E-state index contributed by atoms with van der Waals surface area (Å²) in [6.45, 7) is 9.64. The molecule has 2 saturated carbocycles. The molecular weight excluding hydrogens is 392 g/mol. The molecule has 0 amide bonds. The Balaban J connectivity index is 1.83. The molecule has 5 fully saturated rings. The van der Waals surface area contributed by atoms with Crippen molar-refractivity contribution in [1.29, 1.82) is 0 Å². The number of aliphatic hydroxyl groups is 1. The molecule has 3 aliphatic heterocycles. The molecule has 1 N–H and O–H groups in total. The summed E-state index contributed by atoms with van der Waals surface area (Å²) in [5, 5.41) is 10.8. The first-order valence-electron chi connectivity index (χ1n) is 11.0. The van der Waals surface area contributed by atoms with Gasteiger partial charge in [-0.2, -0.15) is 0 Å². The van der Waals surface area contributed by atoms with Gasteiger partial charge in [-0.05, 0) is 30.6 Å². The maximum Gasteiger partial charge on any atom is 0.340 e. The number of carbonyl (C=O) groups excluding carboxylic acids is 2. The number of aliphatic hydroxyl groups excluding tert-OH is 1. The third-order valence-electron chi connectivity index (χ3n) is 8.72. The highest BCUT2D eigenvalue weighted by Crippen LogP contribution is 2.83. The molecule has 0 radical (unpaired) electrons. The fourth-order valence-corrected chi connectivity index (χ4v) is 8.36. The summed E-state index contributed by atoms with van der Waals surface area (Å²) in [6.07, 6.45) is -1.89. The molecular formula is C22H32O8. The van der Waals surface area contributed by atoms with Gasteiger partial charge in [-0.1, -0.05) is 27.7 Å². The fourth-order valence-electron chi connectivity index (χ4n) is 8.36. The second-order valence-electron chi connectivity index (χ2n) is 10.7. The van der Waals surface area contributed by atoms with Crippen LogP contribution in [-0.4, -0.2) is 60.6 Å². The third kappa shape index (κ3) is 1.86. The minimum Gasteiger partial charge on any atom is -0.458 e. The first-order chi connectivity index (χ1) is 14.0. The highest BCUT2D eigenvalue weighted by molar-refractivity contribution is 5.87. The third-order valence-corrected chi connectivity index (χ3v) is 8.72. The van der Waals surface area contributed by atoms with Crippen molar-refractivity contribution in [2.24, 2.45) is 28.1 Å². The van der Waals surface area contributed by atoms with Crippen LogP contribution in [0.1, 0.15) is 53.9 Å². The molecule has 8 nitrogen and oxygen atoms in total. The van der Waals surface area contributed by atoms with Crippen LogP contribution in [-0.2, 0) is 33.3 Å². The first kappa shape index (κ1) is 20.7. The maximum absolute atomic E-state index is 13.5.